The highest BCUT2D eigenvalue weighted by atomic mass is 32.1. The van der Waals surface area contributed by atoms with Gasteiger partial charge in [0.15, 0.2) is 0 Å². The number of hydrogen-bond donors (Lipinski definition) is 0. The highest BCUT2D eigenvalue weighted by Crippen LogP contribution is 2.46. The van der Waals surface area contributed by atoms with Crippen LogP contribution in [0.3, 0.4) is 0 Å². The summed E-state index contributed by atoms with van der Waals surface area (Å²) in [5.74, 6) is 0.00742. The lowest BCUT2D eigenvalue weighted by molar-refractivity contribution is 0.0754. The van der Waals surface area contributed by atoms with Crippen LogP contribution < -0.4 is 10.5 Å². The van der Waals surface area contributed by atoms with Crippen LogP contribution in [0.4, 0.5) is 5.69 Å². The summed E-state index contributed by atoms with van der Waals surface area (Å²) in [6.45, 7) is 7.74. The molecular weight excluding hydrogens is 554 g/mol. The van der Waals surface area contributed by atoms with E-state index in [1.54, 1.807) is 0 Å². The number of unbranched alkanes of at least 4 members (excludes halogenated alkanes) is 1. The third kappa shape index (κ3) is 4.84. The molecule has 1 amide bonds. The summed E-state index contributed by atoms with van der Waals surface area (Å²) in [7, 11) is 0. The number of anilines is 1. The molecule has 0 N–H and O–H groups in total. The Labute approximate surface area is 256 Å². The number of aryl methyl sites for hydroxylation is 2. The fourth-order valence-electron chi connectivity index (χ4n) is 6.96. The Balaban J connectivity index is 1.54. The Bertz CT molecular complexity index is 1870. The number of aromatic nitrogens is 1. The van der Waals surface area contributed by atoms with E-state index in [2.05, 4.69) is 24.8 Å². The van der Waals surface area contributed by atoms with Crippen LogP contribution in [0.2, 0.25) is 0 Å². The molecule has 0 spiro atoms. The molecule has 2 aromatic heterocycles. The summed E-state index contributed by atoms with van der Waals surface area (Å²) in [5.41, 5.74) is 7.40. The number of nitrogens with zero attached hydrogens (tertiary/aromatic N) is 3. The number of benzene rings is 3. The minimum absolute atomic E-state index is 0.00742. The number of thiazole rings is 1. The van der Waals surface area contributed by atoms with Crippen molar-refractivity contribution in [2.75, 3.05) is 31.1 Å². The molecule has 0 saturated heterocycles. The second-order valence-corrected chi connectivity index (χ2v) is 12.8. The van der Waals surface area contributed by atoms with Crippen LogP contribution in [0.25, 0.3) is 42.9 Å². The van der Waals surface area contributed by atoms with Gasteiger partial charge in [-0.25, -0.2) is 9.78 Å². The molecule has 2 aliphatic heterocycles. The second kappa shape index (κ2) is 11.6. The Kier molecular flexibility index (Phi) is 7.51. The van der Waals surface area contributed by atoms with Crippen molar-refractivity contribution in [2.24, 2.45) is 0 Å². The first kappa shape index (κ1) is 27.8. The molecule has 0 unspecified atom stereocenters. The number of para-hydroxylation sites is 1. The molecule has 7 heteroatoms. The van der Waals surface area contributed by atoms with Gasteiger partial charge in [0.05, 0.1) is 10.2 Å². The monoisotopic (exact) mass is 591 g/mol. The first-order valence-corrected chi connectivity index (χ1v) is 16.6. The summed E-state index contributed by atoms with van der Waals surface area (Å²) in [6, 6.07) is 18.0. The second-order valence-electron chi connectivity index (χ2n) is 11.8. The number of carbonyl (C=O) groups is 1. The van der Waals surface area contributed by atoms with Crippen LogP contribution in [-0.4, -0.2) is 42.0 Å². The van der Waals surface area contributed by atoms with Gasteiger partial charge in [0.1, 0.15) is 16.2 Å². The molecule has 0 radical (unpaired) electrons. The third-order valence-corrected chi connectivity index (χ3v) is 9.94. The van der Waals surface area contributed by atoms with Crippen molar-refractivity contribution in [1.29, 1.82) is 0 Å². The molecule has 6 nitrogen and oxygen atoms in total. The van der Waals surface area contributed by atoms with Crippen molar-refractivity contribution < 1.29 is 9.21 Å². The Morgan fingerprint density at radius 1 is 0.977 bits per heavy atom. The highest BCUT2D eigenvalue weighted by molar-refractivity contribution is 7.21. The Morgan fingerprint density at radius 3 is 2.58 bits per heavy atom. The Hall–Kier alpha value is -3.97. The molecule has 0 aliphatic carbocycles. The fraction of sp³-hybridized carbons (Fsp3) is 0.361. The maximum atomic E-state index is 14.3. The summed E-state index contributed by atoms with van der Waals surface area (Å²) in [4.78, 5) is 37.8. The predicted octanol–water partition coefficient (Wildman–Crippen LogP) is 8.09. The topological polar surface area (TPSA) is 66.7 Å². The van der Waals surface area contributed by atoms with Gasteiger partial charge in [-0.05, 0) is 73.9 Å². The highest BCUT2D eigenvalue weighted by Gasteiger charge is 2.31. The molecule has 0 fully saturated rings. The van der Waals surface area contributed by atoms with Gasteiger partial charge in [-0.2, -0.15) is 0 Å². The normalized spacial score (nSPS) is 14.3. The lowest BCUT2D eigenvalue weighted by Gasteiger charge is -2.37. The molecule has 7 rings (SSSR count). The summed E-state index contributed by atoms with van der Waals surface area (Å²) in [5, 5.41) is 1.53. The van der Waals surface area contributed by atoms with Gasteiger partial charge in [-0.15, -0.1) is 11.3 Å². The number of carbonyl (C=O) groups excluding carboxylic acids is 1. The number of rotatable bonds is 8. The van der Waals surface area contributed by atoms with Crippen molar-refractivity contribution in [3.63, 3.8) is 0 Å². The Morgan fingerprint density at radius 2 is 1.77 bits per heavy atom. The van der Waals surface area contributed by atoms with Gasteiger partial charge < -0.3 is 14.2 Å². The van der Waals surface area contributed by atoms with Gasteiger partial charge >= 0.3 is 5.63 Å². The largest absolute Gasteiger partial charge is 0.422 e. The first-order chi connectivity index (χ1) is 21.1. The number of fused-ring (bicyclic) bond motifs is 3. The van der Waals surface area contributed by atoms with Crippen LogP contribution in [0.15, 0.2) is 63.8 Å². The lowest BCUT2D eigenvalue weighted by Crippen LogP contribution is -2.34. The van der Waals surface area contributed by atoms with Crippen molar-refractivity contribution >= 4 is 44.1 Å². The molecule has 0 saturated carbocycles. The molecule has 5 aromatic rings. The lowest BCUT2D eigenvalue weighted by atomic mass is 9.86. The molecule has 43 heavy (non-hydrogen) atoms. The average molecular weight is 592 g/mol. The number of amides is 1. The SMILES string of the molecule is CCCCN(CCC)C(=O)c1ccccc1-c1c(-c2nc3ccccc3s2)c(=O)oc2c3c4c(cc12)CCCN4CCC3. The fourth-order valence-corrected chi connectivity index (χ4v) is 7.96. The van der Waals surface area contributed by atoms with E-state index < -0.39 is 5.63 Å². The smallest absolute Gasteiger partial charge is 0.347 e. The minimum atomic E-state index is -0.399. The summed E-state index contributed by atoms with van der Waals surface area (Å²) >= 11 is 1.50. The quantitative estimate of drug-likeness (QED) is 0.171. The standard InChI is InChI=1S/C36H37N3O3S/c1-3-5-19-39(18-4-2)35(40)25-14-7-6-13-24(25)30-27-22-23-12-10-20-38-21-11-15-26(32(23)38)33(27)42-36(41)31(30)34-37-28-16-8-9-17-29(28)43-34/h6-9,13-14,16-17,22H,3-5,10-12,15,18-21H2,1-2H3. The van der Waals surface area contributed by atoms with Crippen molar-refractivity contribution in [2.45, 2.75) is 58.8 Å². The first-order valence-electron chi connectivity index (χ1n) is 15.7. The van der Waals surface area contributed by atoms with Crippen molar-refractivity contribution in [3.05, 3.63) is 81.7 Å². The van der Waals surface area contributed by atoms with E-state index in [0.29, 0.717) is 34.8 Å². The van der Waals surface area contributed by atoms with E-state index in [0.717, 1.165) is 90.3 Å². The van der Waals surface area contributed by atoms with E-state index in [-0.39, 0.29) is 5.91 Å². The molecule has 2 aliphatic rings. The predicted molar refractivity (Wildman–Crippen MR) is 176 cm³/mol. The van der Waals surface area contributed by atoms with Gasteiger partial charge in [0.25, 0.3) is 5.91 Å². The van der Waals surface area contributed by atoms with Crippen LogP contribution in [0, 0.1) is 0 Å². The maximum Gasteiger partial charge on any atom is 0.347 e. The van der Waals surface area contributed by atoms with Crippen LogP contribution >= 0.6 is 11.3 Å². The van der Waals surface area contributed by atoms with E-state index in [1.165, 1.54) is 22.6 Å². The summed E-state index contributed by atoms with van der Waals surface area (Å²) in [6.07, 6.45) is 6.86. The molecule has 0 bridgehead atoms. The maximum absolute atomic E-state index is 14.3. The zero-order chi connectivity index (χ0) is 29.5. The molecule has 220 valence electrons. The van der Waals surface area contributed by atoms with E-state index >= 15 is 0 Å². The zero-order valence-corrected chi connectivity index (χ0v) is 25.8. The van der Waals surface area contributed by atoms with Gasteiger partial charge in [0.2, 0.25) is 0 Å². The van der Waals surface area contributed by atoms with Crippen molar-refractivity contribution in [1.82, 2.24) is 9.88 Å². The molecule has 3 aromatic carbocycles. The van der Waals surface area contributed by atoms with Gasteiger partial charge in [0, 0.05) is 53.9 Å². The molecule has 0 atom stereocenters. The summed E-state index contributed by atoms with van der Waals surface area (Å²) < 4.78 is 7.32. The van der Waals surface area contributed by atoms with Gasteiger partial charge in [-0.1, -0.05) is 50.6 Å². The van der Waals surface area contributed by atoms with Gasteiger partial charge in [-0.3, -0.25) is 4.79 Å². The van der Waals surface area contributed by atoms with Crippen LogP contribution in [0.5, 0.6) is 0 Å². The van der Waals surface area contributed by atoms with Crippen molar-refractivity contribution in [3.8, 4) is 21.7 Å². The number of hydrogen-bond acceptors (Lipinski definition) is 6. The third-order valence-electron chi connectivity index (χ3n) is 8.89. The average Bonchev–Trinajstić information content (AvgIpc) is 3.47. The van der Waals surface area contributed by atoms with Crippen LogP contribution in [0.1, 0.15) is 67.4 Å². The zero-order valence-electron chi connectivity index (χ0n) is 24.9. The van der Waals surface area contributed by atoms with Crippen LogP contribution in [-0.2, 0) is 12.8 Å². The molecular formula is C36H37N3O3S. The minimum Gasteiger partial charge on any atom is -0.422 e. The van der Waals surface area contributed by atoms with E-state index in [1.807, 2.05) is 53.4 Å². The van der Waals surface area contributed by atoms with E-state index in [9.17, 15) is 9.59 Å². The molecule has 4 heterocycles. The van der Waals surface area contributed by atoms with E-state index in [4.69, 9.17) is 9.40 Å².